The summed E-state index contributed by atoms with van der Waals surface area (Å²) in [5.74, 6) is 1.97. The molecule has 0 radical (unpaired) electrons. The first-order valence-corrected chi connectivity index (χ1v) is 15.1. The van der Waals surface area contributed by atoms with E-state index in [1.165, 1.54) is 5.56 Å². The summed E-state index contributed by atoms with van der Waals surface area (Å²) in [5, 5.41) is 0. The van der Waals surface area contributed by atoms with Crippen LogP contribution >= 0.6 is 12.4 Å². The molecule has 10 heteroatoms. The number of ether oxygens (including phenoxy) is 1. The van der Waals surface area contributed by atoms with Gasteiger partial charge in [0.25, 0.3) is 0 Å². The topological polar surface area (TPSA) is 84.0 Å². The summed E-state index contributed by atoms with van der Waals surface area (Å²) >= 11 is 0. The van der Waals surface area contributed by atoms with E-state index in [-0.39, 0.29) is 18.1 Å². The van der Waals surface area contributed by atoms with Gasteiger partial charge >= 0.3 is 0 Å². The summed E-state index contributed by atoms with van der Waals surface area (Å²) in [5.41, 5.74) is 2.60. The standard InChI is InChI=1S/C24H32N2O5S2.ClH/c1-32(27,28)26(33(2,29)30)22-9-7-19(8-10-22)20-11-15-25(16-12-20)17-13-21-14-18-31-24-6-4-3-5-23(21)24;/h3-10,20-21H,11-18H2,1-2H3;1H. The van der Waals surface area contributed by atoms with E-state index in [4.69, 9.17) is 4.74 Å². The molecule has 2 heterocycles. The fourth-order valence-electron chi connectivity index (χ4n) is 5.04. The van der Waals surface area contributed by atoms with Gasteiger partial charge < -0.3 is 9.64 Å². The van der Waals surface area contributed by atoms with Crippen LogP contribution in [0.3, 0.4) is 0 Å². The summed E-state index contributed by atoms with van der Waals surface area (Å²) < 4.78 is 54.2. The molecule has 0 bridgehead atoms. The molecule has 0 N–H and O–H groups in total. The van der Waals surface area contributed by atoms with Gasteiger partial charge in [-0.05, 0) is 86.5 Å². The normalized spacial score (nSPS) is 19.5. The average molecular weight is 529 g/mol. The highest BCUT2D eigenvalue weighted by molar-refractivity contribution is 8.09. The van der Waals surface area contributed by atoms with E-state index < -0.39 is 20.0 Å². The third-order valence-corrected chi connectivity index (χ3v) is 9.89. The molecule has 34 heavy (non-hydrogen) atoms. The van der Waals surface area contributed by atoms with Crippen LogP contribution in [0.2, 0.25) is 0 Å². The number of benzene rings is 2. The van der Waals surface area contributed by atoms with Crippen molar-refractivity contribution in [2.24, 2.45) is 0 Å². The average Bonchev–Trinajstić information content (AvgIpc) is 2.77. The van der Waals surface area contributed by atoms with Crippen LogP contribution in [0, 0.1) is 0 Å². The number of fused-ring (bicyclic) bond motifs is 1. The minimum Gasteiger partial charge on any atom is -0.493 e. The second kappa shape index (κ2) is 10.8. The number of rotatable bonds is 7. The maximum absolute atomic E-state index is 12.0. The monoisotopic (exact) mass is 528 g/mol. The number of piperidine rings is 1. The molecule has 0 amide bonds. The van der Waals surface area contributed by atoms with E-state index in [1.54, 1.807) is 12.1 Å². The lowest BCUT2D eigenvalue weighted by atomic mass is 9.88. The summed E-state index contributed by atoms with van der Waals surface area (Å²) in [6, 6.07) is 15.3. The Balaban J connectivity index is 0.00000324. The molecule has 188 valence electrons. The molecule has 1 atom stereocenters. The highest BCUT2D eigenvalue weighted by Gasteiger charge is 2.28. The number of nitrogens with zero attached hydrogens (tertiary/aromatic N) is 2. The quantitative estimate of drug-likeness (QED) is 0.540. The van der Waals surface area contributed by atoms with Crippen molar-refractivity contribution in [1.29, 1.82) is 0 Å². The van der Waals surface area contributed by atoms with Crippen LogP contribution < -0.4 is 8.45 Å². The molecule has 1 fully saturated rings. The van der Waals surface area contributed by atoms with Gasteiger partial charge in [0.05, 0.1) is 24.8 Å². The van der Waals surface area contributed by atoms with Gasteiger partial charge in [0.15, 0.2) is 0 Å². The van der Waals surface area contributed by atoms with Crippen LogP contribution in [0.25, 0.3) is 0 Å². The third kappa shape index (κ3) is 6.24. The lowest BCUT2D eigenvalue weighted by Crippen LogP contribution is -2.35. The van der Waals surface area contributed by atoms with Crippen molar-refractivity contribution in [3.8, 4) is 5.75 Å². The van der Waals surface area contributed by atoms with Crippen molar-refractivity contribution in [3.05, 3.63) is 59.7 Å². The number of sulfonamides is 2. The van der Waals surface area contributed by atoms with Crippen molar-refractivity contribution in [2.45, 2.75) is 37.5 Å². The van der Waals surface area contributed by atoms with Crippen molar-refractivity contribution >= 4 is 38.1 Å². The van der Waals surface area contributed by atoms with E-state index in [9.17, 15) is 16.8 Å². The zero-order valence-corrected chi connectivity index (χ0v) is 22.0. The number of hydrogen-bond acceptors (Lipinski definition) is 6. The Hall–Kier alpha value is -1.81. The van der Waals surface area contributed by atoms with E-state index in [1.807, 2.05) is 18.2 Å². The molecule has 0 aromatic heterocycles. The summed E-state index contributed by atoms with van der Waals surface area (Å²) in [7, 11) is -7.85. The van der Waals surface area contributed by atoms with Gasteiger partial charge in [-0.25, -0.2) is 16.8 Å². The van der Waals surface area contributed by atoms with Gasteiger partial charge in [-0.3, -0.25) is 0 Å². The third-order valence-electron chi connectivity index (χ3n) is 6.64. The second-order valence-electron chi connectivity index (χ2n) is 9.09. The maximum atomic E-state index is 12.0. The van der Waals surface area contributed by atoms with Crippen molar-refractivity contribution in [3.63, 3.8) is 0 Å². The molecule has 0 spiro atoms. The zero-order valence-electron chi connectivity index (χ0n) is 19.6. The van der Waals surface area contributed by atoms with Crippen LogP contribution in [0.4, 0.5) is 5.69 Å². The molecule has 2 aromatic rings. The molecule has 0 saturated carbocycles. The molecule has 2 aliphatic rings. The Morgan fingerprint density at radius 1 is 0.912 bits per heavy atom. The van der Waals surface area contributed by atoms with E-state index >= 15 is 0 Å². The smallest absolute Gasteiger partial charge is 0.245 e. The number of hydrogen-bond donors (Lipinski definition) is 0. The Kier molecular flexibility index (Phi) is 8.55. The largest absolute Gasteiger partial charge is 0.493 e. The highest BCUT2D eigenvalue weighted by Crippen LogP contribution is 2.36. The molecule has 1 saturated heterocycles. The van der Waals surface area contributed by atoms with E-state index in [0.29, 0.717) is 15.5 Å². The van der Waals surface area contributed by atoms with Crippen LogP contribution in [0.5, 0.6) is 5.75 Å². The number of likely N-dealkylation sites (tertiary alicyclic amines) is 1. The van der Waals surface area contributed by atoms with Crippen molar-refractivity contribution in [2.75, 3.05) is 42.5 Å². The van der Waals surface area contributed by atoms with E-state index in [0.717, 1.165) is 75.7 Å². The zero-order chi connectivity index (χ0) is 23.6. The number of halogens is 1. The summed E-state index contributed by atoms with van der Waals surface area (Å²) in [4.78, 5) is 2.53. The van der Waals surface area contributed by atoms with Crippen LogP contribution in [0.15, 0.2) is 48.5 Å². The van der Waals surface area contributed by atoms with Crippen LogP contribution in [-0.2, 0) is 20.0 Å². The molecular formula is C24H33ClN2O5S2. The molecule has 2 aliphatic heterocycles. The fraction of sp³-hybridized carbons (Fsp3) is 0.500. The SMILES string of the molecule is CS(=O)(=O)N(c1ccc(C2CCN(CCC3CCOc4ccccc43)CC2)cc1)S(C)(=O)=O.Cl. The molecule has 2 aromatic carbocycles. The van der Waals surface area contributed by atoms with Gasteiger partial charge in [-0.2, -0.15) is 3.71 Å². The Morgan fingerprint density at radius 2 is 1.53 bits per heavy atom. The van der Waals surface area contributed by atoms with Gasteiger partial charge in [-0.15, -0.1) is 12.4 Å². The lowest BCUT2D eigenvalue weighted by Gasteiger charge is -2.34. The molecule has 7 nitrogen and oxygen atoms in total. The van der Waals surface area contributed by atoms with Gasteiger partial charge in [0.2, 0.25) is 20.0 Å². The first-order chi connectivity index (χ1) is 15.6. The predicted molar refractivity (Wildman–Crippen MR) is 138 cm³/mol. The highest BCUT2D eigenvalue weighted by atomic mass is 35.5. The molecule has 1 unspecified atom stereocenters. The van der Waals surface area contributed by atoms with Crippen molar-refractivity contribution in [1.82, 2.24) is 4.90 Å². The lowest BCUT2D eigenvalue weighted by molar-refractivity contribution is 0.195. The Labute approximate surface area is 209 Å². The minimum atomic E-state index is -3.92. The van der Waals surface area contributed by atoms with Crippen LogP contribution in [0.1, 0.15) is 48.6 Å². The van der Waals surface area contributed by atoms with Crippen LogP contribution in [-0.4, -0.2) is 60.5 Å². The number of anilines is 1. The van der Waals surface area contributed by atoms with E-state index in [2.05, 4.69) is 23.1 Å². The van der Waals surface area contributed by atoms with Gasteiger partial charge in [0, 0.05) is 0 Å². The van der Waals surface area contributed by atoms with Crippen molar-refractivity contribution < 1.29 is 21.6 Å². The summed E-state index contributed by atoms with van der Waals surface area (Å²) in [6.45, 7) is 3.91. The van der Waals surface area contributed by atoms with Gasteiger partial charge in [0.1, 0.15) is 5.75 Å². The predicted octanol–water partition coefficient (Wildman–Crippen LogP) is 3.97. The first-order valence-electron chi connectivity index (χ1n) is 11.4. The minimum absolute atomic E-state index is 0. The molecule has 4 rings (SSSR count). The van der Waals surface area contributed by atoms with Gasteiger partial charge in [-0.1, -0.05) is 30.3 Å². The first kappa shape index (κ1) is 26.8. The Morgan fingerprint density at radius 3 is 2.15 bits per heavy atom. The maximum Gasteiger partial charge on any atom is 0.245 e. The Bertz CT molecular complexity index is 1150. The summed E-state index contributed by atoms with van der Waals surface area (Å²) in [6.07, 6.45) is 6.06. The fourth-order valence-corrected chi connectivity index (χ4v) is 8.02. The second-order valence-corrected chi connectivity index (χ2v) is 13.0. The molecular weight excluding hydrogens is 496 g/mol. The number of para-hydroxylation sites is 1. The molecule has 0 aliphatic carbocycles.